The van der Waals surface area contributed by atoms with Gasteiger partial charge >= 0.3 is 0 Å². The summed E-state index contributed by atoms with van der Waals surface area (Å²) in [7, 11) is 0. The number of hydrogen-bond donors (Lipinski definition) is 0. The van der Waals surface area contributed by atoms with Crippen molar-refractivity contribution < 1.29 is 4.39 Å². The molecular weight excluding hydrogens is 241 g/mol. The third-order valence-corrected chi connectivity index (χ3v) is 3.14. The topological polar surface area (TPSA) is 41.6 Å². The predicted molar refractivity (Wildman–Crippen MR) is 71.2 cm³/mol. The van der Waals surface area contributed by atoms with E-state index in [9.17, 15) is 4.39 Å². The first-order valence-electron chi connectivity index (χ1n) is 6.42. The van der Waals surface area contributed by atoms with Crippen LogP contribution in [0.5, 0.6) is 0 Å². The minimum Gasteiger partial charge on any atom is -0.265 e. The lowest BCUT2D eigenvalue weighted by molar-refractivity contribution is 0.573. The first-order valence-corrected chi connectivity index (χ1v) is 6.42. The van der Waals surface area contributed by atoms with Gasteiger partial charge in [-0.25, -0.2) is 4.39 Å². The van der Waals surface area contributed by atoms with E-state index in [0.29, 0.717) is 17.7 Å². The zero-order chi connectivity index (χ0) is 13.8. The van der Waals surface area contributed by atoms with Crippen LogP contribution >= 0.6 is 0 Å². The number of aryl methyl sites for hydroxylation is 2. The number of rotatable bonds is 4. The van der Waals surface area contributed by atoms with Crippen molar-refractivity contribution in [2.75, 3.05) is 0 Å². The van der Waals surface area contributed by atoms with E-state index < -0.39 is 0 Å². The van der Waals surface area contributed by atoms with E-state index >= 15 is 0 Å². The minimum absolute atomic E-state index is 0.340. The van der Waals surface area contributed by atoms with Crippen LogP contribution in [-0.4, -0.2) is 9.78 Å². The van der Waals surface area contributed by atoms with Crippen molar-refractivity contribution in [3.63, 3.8) is 0 Å². The summed E-state index contributed by atoms with van der Waals surface area (Å²) >= 11 is 0. The van der Waals surface area contributed by atoms with Gasteiger partial charge in [-0.05, 0) is 31.0 Å². The van der Waals surface area contributed by atoms with Crippen LogP contribution in [0.25, 0.3) is 0 Å². The number of nitrogens with zero attached hydrogens (tertiary/aromatic N) is 3. The summed E-state index contributed by atoms with van der Waals surface area (Å²) < 4.78 is 15.7. The molecule has 2 rings (SSSR count). The molecule has 0 saturated carbocycles. The van der Waals surface area contributed by atoms with Crippen LogP contribution in [0.15, 0.2) is 24.3 Å². The molecule has 1 aromatic heterocycles. The number of nitriles is 1. The normalized spacial score (nSPS) is 10.4. The average molecular weight is 257 g/mol. The Balaban J connectivity index is 2.31. The van der Waals surface area contributed by atoms with Crippen LogP contribution in [0, 0.1) is 17.1 Å². The Morgan fingerprint density at radius 1 is 1.26 bits per heavy atom. The van der Waals surface area contributed by atoms with Gasteiger partial charge in [0.25, 0.3) is 0 Å². The SMILES string of the molecule is CCc1cc(CC)n(Cc2ccc(C#N)cc2F)n1. The van der Waals surface area contributed by atoms with E-state index in [-0.39, 0.29) is 5.82 Å². The summed E-state index contributed by atoms with van der Waals surface area (Å²) in [6.07, 6.45) is 1.74. The molecule has 98 valence electrons. The molecule has 0 atom stereocenters. The molecular formula is C15H16FN3. The third-order valence-electron chi connectivity index (χ3n) is 3.14. The smallest absolute Gasteiger partial charge is 0.129 e. The molecule has 1 aromatic carbocycles. The van der Waals surface area contributed by atoms with Gasteiger partial charge in [0, 0.05) is 11.3 Å². The Labute approximate surface area is 112 Å². The molecule has 3 nitrogen and oxygen atoms in total. The van der Waals surface area contributed by atoms with E-state index in [0.717, 1.165) is 24.2 Å². The van der Waals surface area contributed by atoms with Gasteiger partial charge in [0.1, 0.15) is 5.82 Å². The van der Waals surface area contributed by atoms with Crippen LogP contribution in [0.1, 0.15) is 36.4 Å². The van der Waals surface area contributed by atoms with Gasteiger partial charge in [0.15, 0.2) is 0 Å². The molecule has 0 radical (unpaired) electrons. The maximum atomic E-state index is 13.9. The van der Waals surface area contributed by atoms with E-state index in [2.05, 4.69) is 25.0 Å². The highest BCUT2D eigenvalue weighted by Gasteiger charge is 2.09. The van der Waals surface area contributed by atoms with Crippen molar-refractivity contribution >= 4 is 0 Å². The summed E-state index contributed by atoms with van der Waals surface area (Å²) in [5.74, 6) is -0.352. The van der Waals surface area contributed by atoms with Gasteiger partial charge in [-0.1, -0.05) is 19.9 Å². The van der Waals surface area contributed by atoms with Gasteiger partial charge in [0.2, 0.25) is 0 Å². The zero-order valence-electron chi connectivity index (χ0n) is 11.2. The van der Waals surface area contributed by atoms with Crippen LogP contribution in [0.2, 0.25) is 0 Å². The molecule has 0 amide bonds. The van der Waals surface area contributed by atoms with E-state index in [1.165, 1.54) is 6.07 Å². The Hall–Kier alpha value is -2.15. The molecule has 0 aliphatic heterocycles. The van der Waals surface area contributed by atoms with Crippen LogP contribution in [0.3, 0.4) is 0 Å². The summed E-state index contributed by atoms with van der Waals surface area (Å²) in [4.78, 5) is 0. The van der Waals surface area contributed by atoms with Crippen molar-refractivity contribution in [1.82, 2.24) is 9.78 Å². The lowest BCUT2D eigenvalue weighted by Gasteiger charge is -2.07. The summed E-state index contributed by atoms with van der Waals surface area (Å²) in [6, 6.07) is 8.54. The number of aromatic nitrogens is 2. The first-order chi connectivity index (χ1) is 9.17. The van der Waals surface area contributed by atoms with E-state index in [1.807, 2.05) is 10.8 Å². The van der Waals surface area contributed by atoms with Gasteiger partial charge < -0.3 is 0 Å². The third kappa shape index (κ3) is 2.82. The monoisotopic (exact) mass is 257 g/mol. The molecule has 4 heteroatoms. The fourth-order valence-electron chi connectivity index (χ4n) is 2.02. The van der Waals surface area contributed by atoms with Crippen molar-refractivity contribution in [2.24, 2.45) is 0 Å². The first kappa shape index (κ1) is 13.3. The molecule has 1 heterocycles. The van der Waals surface area contributed by atoms with Gasteiger partial charge in [-0.15, -0.1) is 0 Å². The minimum atomic E-state index is -0.352. The highest BCUT2D eigenvalue weighted by Crippen LogP contribution is 2.14. The second kappa shape index (κ2) is 5.66. The molecule has 0 spiro atoms. The quantitative estimate of drug-likeness (QED) is 0.844. The van der Waals surface area contributed by atoms with Crippen molar-refractivity contribution in [1.29, 1.82) is 5.26 Å². The number of benzene rings is 1. The highest BCUT2D eigenvalue weighted by atomic mass is 19.1. The molecule has 0 unspecified atom stereocenters. The fourth-order valence-corrected chi connectivity index (χ4v) is 2.02. The maximum Gasteiger partial charge on any atom is 0.129 e. The highest BCUT2D eigenvalue weighted by molar-refractivity contribution is 5.33. The summed E-state index contributed by atoms with van der Waals surface area (Å²) in [6.45, 7) is 4.51. The Bertz CT molecular complexity index is 623. The number of hydrogen-bond acceptors (Lipinski definition) is 2. The van der Waals surface area contributed by atoms with Gasteiger partial charge in [-0.3, -0.25) is 4.68 Å². The second-order valence-electron chi connectivity index (χ2n) is 4.41. The van der Waals surface area contributed by atoms with Crippen LogP contribution in [-0.2, 0) is 19.4 Å². The largest absolute Gasteiger partial charge is 0.265 e. The van der Waals surface area contributed by atoms with Gasteiger partial charge in [-0.2, -0.15) is 10.4 Å². The van der Waals surface area contributed by atoms with Crippen molar-refractivity contribution in [3.8, 4) is 6.07 Å². The lowest BCUT2D eigenvalue weighted by atomic mass is 10.1. The molecule has 0 aliphatic rings. The number of halogens is 1. The van der Waals surface area contributed by atoms with E-state index in [1.54, 1.807) is 12.1 Å². The van der Waals surface area contributed by atoms with Crippen LogP contribution < -0.4 is 0 Å². The molecule has 2 aromatic rings. The average Bonchev–Trinajstić information content (AvgIpc) is 2.83. The molecule has 0 N–H and O–H groups in total. The maximum absolute atomic E-state index is 13.9. The van der Waals surface area contributed by atoms with E-state index in [4.69, 9.17) is 5.26 Å². The summed E-state index contributed by atoms with van der Waals surface area (Å²) in [5.41, 5.74) is 3.01. The van der Waals surface area contributed by atoms with Crippen molar-refractivity contribution in [3.05, 3.63) is 52.6 Å². The standard InChI is InChI=1S/C15H16FN3/c1-3-13-8-14(4-2)19(18-13)10-12-6-5-11(9-17)7-15(12)16/h5-8H,3-4,10H2,1-2H3. The Kier molecular flexibility index (Phi) is 3.96. The Morgan fingerprint density at radius 2 is 2.05 bits per heavy atom. The van der Waals surface area contributed by atoms with Crippen molar-refractivity contribution in [2.45, 2.75) is 33.2 Å². The zero-order valence-corrected chi connectivity index (χ0v) is 11.2. The molecule has 0 aliphatic carbocycles. The molecule has 0 fully saturated rings. The fraction of sp³-hybridized carbons (Fsp3) is 0.333. The summed E-state index contributed by atoms with van der Waals surface area (Å²) in [5, 5.41) is 13.2. The van der Waals surface area contributed by atoms with Crippen LogP contribution in [0.4, 0.5) is 4.39 Å². The van der Waals surface area contributed by atoms with Gasteiger partial charge in [0.05, 0.1) is 23.9 Å². The molecule has 0 saturated heterocycles. The second-order valence-corrected chi connectivity index (χ2v) is 4.41. The predicted octanol–water partition coefficient (Wildman–Crippen LogP) is 3.07. The molecule has 0 bridgehead atoms. The molecule has 19 heavy (non-hydrogen) atoms. The lowest BCUT2D eigenvalue weighted by Crippen LogP contribution is -2.07. The Morgan fingerprint density at radius 3 is 2.63 bits per heavy atom.